The van der Waals surface area contributed by atoms with Crippen molar-refractivity contribution in [1.29, 1.82) is 0 Å². The van der Waals surface area contributed by atoms with Crippen LogP contribution in [0.3, 0.4) is 0 Å². The Bertz CT molecular complexity index is 133. The van der Waals surface area contributed by atoms with Gasteiger partial charge in [-0.15, -0.1) is 0 Å². The second kappa shape index (κ2) is 4.32. The number of hydrogen-bond acceptors (Lipinski definition) is 3. The third-order valence-corrected chi connectivity index (χ3v) is 0.901. The van der Waals surface area contributed by atoms with E-state index < -0.39 is 5.97 Å². The Labute approximate surface area is 58.6 Å². The number of nitrogens with zero attached hydrogens (tertiary/aromatic N) is 1. The summed E-state index contributed by atoms with van der Waals surface area (Å²) >= 11 is 5.38. The van der Waals surface area contributed by atoms with E-state index in [9.17, 15) is 4.79 Å². The molecule has 3 nitrogen and oxygen atoms in total. The number of hydrogen-bond donors (Lipinski definition) is 0. The van der Waals surface area contributed by atoms with Gasteiger partial charge in [0.2, 0.25) is 0 Å². The first kappa shape index (κ1) is 8.43. The van der Waals surface area contributed by atoms with Crippen LogP contribution in [0.4, 0.5) is 0 Å². The van der Waals surface area contributed by atoms with Crippen molar-refractivity contribution in [2.24, 2.45) is 5.16 Å². The summed E-state index contributed by atoms with van der Waals surface area (Å²) in [5.41, 5.74) is 0. The maximum absolute atomic E-state index is 10.1. The molecule has 0 saturated heterocycles. The zero-order valence-electron chi connectivity index (χ0n) is 5.35. The minimum absolute atomic E-state index is 0.296. The molecule has 0 N–H and O–H groups in total. The van der Waals surface area contributed by atoms with E-state index >= 15 is 0 Å². The average Bonchev–Trinajstić information content (AvgIpc) is 1.83. The Morgan fingerprint density at radius 3 is 2.67 bits per heavy atom. The van der Waals surface area contributed by atoms with Crippen molar-refractivity contribution in [3.8, 4) is 0 Å². The van der Waals surface area contributed by atoms with E-state index in [2.05, 4.69) is 9.99 Å². The molecule has 0 aromatic rings. The topological polar surface area (TPSA) is 38.7 Å². The van der Waals surface area contributed by atoms with Gasteiger partial charge in [-0.1, -0.05) is 23.7 Å². The van der Waals surface area contributed by atoms with Gasteiger partial charge in [-0.3, -0.25) is 0 Å². The Balaban J connectivity index is 3.56. The minimum atomic E-state index is -0.457. The third-order valence-electron chi connectivity index (χ3n) is 0.565. The zero-order valence-corrected chi connectivity index (χ0v) is 6.10. The molecular weight excluding hydrogens is 142 g/mol. The Morgan fingerprint density at radius 2 is 2.33 bits per heavy atom. The second-order valence-corrected chi connectivity index (χ2v) is 1.84. The van der Waals surface area contributed by atoms with Crippen LogP contribution in [-0.2, 0) is 9.63 Å². The number of rotatable bonds is 2. The molecule has 4 heteroatoms. The Hall–Kier alpha value is -0.570. The molecule has 0 aromatic heterocycles. The van der Waals surface area contributed by atoms with Gasteiger partial charge < -0.3 is 4.84 Å². The quantitative estimate of drug-likeness (QED) is 0.339. The molecule has 0 unspecified atom stereocenters. The molecule has 0 aliphatic carbocycles. The van der Waals surface area contributed by atoms with Crippen molar-refractivity contribution < 1.29 is 9.63 Å². The van der Waals surface area contributed by atoms with Gasteiger partial charge in [0.25, 0.3) is 0 Å². The fourth-order valence-electron chi connectivity index (χ4n) is 0.178. The highest BCUT2D eigenvalue weighted by Gasteiger charge is 1.91. The molecule has 0 aliphatic rings. The van der Waals surface area contributed by atoms with Crippen molar-refractivity contribution in [3.05, 3.63) is 0 Å². The number of halogens is 1. The molecule has 0 saturated carbocycles. The summed E-state index contributed by atoms with van der Waals surface area (Å²) in [6, 6.07) is 0. The van der Waals surface area contributed by atoms with Gasteiger partial charge in [0.1, 0.15) is 5.17 Å². The Kier molecular flexibility index (Phi) is 4.05. The number of carbonyl (C=O) groups is 1. The highest BCUT2D eigenvalue weighted by atomic mass is 35.5. The smallest absolute Gasteiger partial charge is 0.317 e. The first-order chi connectivity index (χ1) is 4.16. The van der Waals surface area contributed by atoms with E-state index in [1.807, 2.05) is 6.92 Å². The van der Waals surface area contributed by atoms with Crippen LogP contribution in [0.5, 0.6) is 0 Å². The van der Waals surface area contributed by atoms with E-state index in [-0.39, 0.29) is 0 Å². The van der Waals surface area contributed by atoms with Crippen LogP contribution in [0.25, 0.3) is 0 Å². The molecule has 9 heavy (non-hydrogen) atoms. The van der Waals surface area contributed by atoms with Crippen molar-refractivity contribution in [3.63, 3.8) is 0 Å². The van der Waals surface area contributed by atoms with Gasteiger partial charge >= 0.3 is 5.97 Å². The van der Waals surface area contributed by atoms with E-state index in [0.717, 1.165) is 0 Å². The van der Waals surface area contributed by atoms with Crippen LogP contribution < -0.4 is 0 Å². The molecule has 0 fully saturated rings. The summed E-state index contributed by atoms with van der Waals surface area (Å²) in [6.45, 7) is 3.08. The SMILES string of the molecule is CCC(Cl)=NOC(C)=O. The largest absolute Gasteiger partial charge is 0.332 e. The molecule has 0 rings (SSSR count). The summed E-state index contributed by atoms with van der Waals surface area (Å²) in [7, 11) is 0. The molecule has 0 bridgehead atoms. The number of carbonyl (C=O) groups excluding carboxylic acids is 1. The standard InChI is InChI=1S/C5H8ClNO2/c1-3-5(6)7-9-4(2)8/h3H2,1-2H3. The van der Waals surface area contributed by atoms with Crippen LogP contribution in [0.1, 0.15) is 20.3 Å². The highest BCUT2D eigenvalue weighted by molar-refractivity contribution is 6.65. The van der Waals surface area contributed by atoms with Crippen LogP contribution in [0.15, 0.2) is 5.16 Å². The van der Waals surface area contributed by atoms with Gasteiger partial charge in [0.15, 0.2) is 0 Å². The van der Waals surface area contributed by atoms with E-state index in [4.69, 9.17) is 11.6 Å². The van der Waals surface area contributed by atoms with Gasteiger partial charge in [0.05, 0.1) is 0 Å². The van der Waals surface area contributed by atoms with Crippen LogP contribution in [0, 0.1) is 0 Å². The Morgan fingerprint density at radius 1 is 1.78 bits per heavy atom. The monoisotopic (exact) mass is 149 g/mol. The van der Waals surface area contributed by atoms with Gasteiger partial charge in [0, 0.05) is 13.3 Å². The summed E-state index contributed by atoms with van der Waals surface area (Å²) in [6.07, 6.45) is 0.578. The van der Waals surface area contributed by atoms with Gasteiger partial charge in [-0.2, -0.15) is 0 Å². The predicted molar refractivity (Wildman–Crippen MR) is 35.3 cm³/mol. The van der Waals surface area contributed by atoms with E-state index in [1.54, 1.807) is 0 Å². The molecule has 0 amide bonds. The second-order valence-electron chi connectivity index (χ2n) is 1.40. The lowest BCUT2D eigenvalue weighted by molar-refractivity contribution is -0.140. The summed E-state index contributed by atoms with van der Waals surface area (Å²) < 4.78 is 0. The molecule has 52 valence electrons. The lowest BCUT2D eigenvalue weighted by Crippen LogP contribution is -1.93. The van der Waals surface area contributed by atoms with Gasteiger partial charge in [-0.05, 0) is 0 Å². The number of oxime groups is 1. The van der Waals surface area contributed by atoms with Crippen molar-refractivity contribution in [2.45, 2.75) is 20.3 Å². The first-order valence-corrected chi connectivity index (χ1v) is 2.94. The maximum Gasteiger partial charge on any atom is 0.332 e. The lowest BCUT2D eigenvalue weighted by atomic mass is 10.5. The normalized spacial score (nSPS) is 11.2. The molecule has 0 heterocycles. The van der Waals surface area contributed by atoms with Crippen molar-refractivity contribution in [1.82, 2.24) is 0 Å². The molecular formula is C5H8ClNO2. The first-order valence-electron chi connectivity index (χ1n) is 2.56. The van der Waals surface area contributed by atoms with E-state index in [0.29, 0.717) is 11.6 Å². The van der Waals surface area contributed by atoms with Gasteiger partial charge in [-0.25, -0.2) is 4.79 Å². The third kappa shape index (κ3) is 5.30. The molecule has 0 aliphatic heterocycles. The molecule has 0 spiro atoms. The van der Waals surface area contributed by atoms with Crippen LogP contribution in [0.2, 0.25) is 0 Å². The average molecular weight is 150 g/mol. The van der Waals surface area contributed by atoms with Crippen LogP contribution >= 0.6 is 11.6 Å². The molecule has 0 aromatic carbocycles. The van der Waals surface area contributed by atoms with E-state index in [1.165, 1.54) is 6.92 Å². The summed E-state index contributed by atoms with van der Waals surface area (Å²) in [5.74, 6) is -0.457. The van der Waals surface area contributed by atoms with Crippen molar-refractivity contribution in [2.75, 3.05) is 0 Å². The summed E-state index contributed by atoms with van der Waals surface area (Å²) in [4.78, 5) is 14.3. The maximum atomic E-state index is 10.1. The van der Waals surface area contributed by atoms with Crippen LogP contribution in [-0.4, -0.2) is 11.1 Å². The molecule has 0 atom stereocenters. The zero-order chi connectivity index (χ0) is 7.28. The minimum Gasteiger partial charge on any atom is -0.317 e. The van der Waals surface area contributed by atoms with Crippen molar-refractivity contribution >= 4 is 22.7 Å². The fraction of sp³-hybridized carbons (Fsp3) is 0.600. The fourth-order valence-corrected chi connectivity index (χ4v) is 0.213. The molecule has 0 radical (unpaired) electrons. The summed E-state index contributed by atoms with van der Waals surface area (Å²) in [5, 5.41) is 3.57. The predicted octanol–water partition coefficient (Wildman–Crippen LogP) is 1.51. The highest BCUT2D eigenvalue weighted by Crippen LogP contribution is 1.92. The lowest BCUT2D eigenvalue weighted by Gasteiger charge is -1.89.